The molecule has 1 aromatic heterocycles. The summed E-state index contributed by atoms with van der Waals surface area (Å²) in [4.78, 5) is 0. The molecule has 0 radical (unpaired) electrons. The van der Waals surface area contributed by atoms with Gasteiger partial charge in [-0.25, -0.2) is 0 Å². The SMILES string of the molecule is CCCNC(Cc1cccc(C)c1)c1cn(C)nc1CC. The zero-order chi connectivity index (χ0) is 15.2. The third-order valence-corrected chi connectivity index (χ3v) is 3.81. The molecule has 114 valence electrons. The van der Waals surface area contributed by atoms with Gasteiger partial charge in [0, 0.05) is 24.8 Å². The van der Waals surface area contributed by atoms with Crippen LogP contribution in [0, 0.1) is 6.92 Å². The van der Waals surface area contributed by atoms with Gasteiger partial charge in [0.25, 0.3) is 0 Å². The molecule has 0 aliphatic carbocycles. The van der Waals surface area contributed by atoms with Crippen molar-refractivity contribution in [1.82, 2.24) is 15.1 Å². The Morgan fingerprint density at radius 3 is 2.76 bits per heavy atom. The number of hydrogen-bond acceptors (Lipinski definition) is 2. The first kappa shape index (κ1) is 15.8. The van der Waals surface area contributed by atoms with Gasteiger partial charge < -0.3 is 5.32 Å². The van der Waals surface area contributed by atoms with E-state index in [9.17, 15) is 0 Å². The molecule has 3 heteroatoms. The van der Waals surface area contributed by atoms with Crippen molar-refractivity contribution in [2.75, 3.05) is 6.54 Å². The summed E-state index contributed by atoms with van der Waals surface area (Å²) in [5, 5.41) is 8.28. The van der Waals surface area contributed by atoms with Crippen LogP contribution in [0.1, 0.15) is 48.7 Å². The minimum absolute atomic E-state index is 0.343. The Hall–Kier alpha value is -1.61. The molecule has 21 heavy (non-hydrogen) atoms. The van der Waals surface area contributed by atoms with E-state index in [1.54, 1.807) is 0 Å². The number of hydrogen-bond donors (Lipinski definition) is 1. The van der Waals surface area contributed by atoms with Crippen LogP contribution >= 0.6 is 0 Å². The third-order valence-electron chi connectivity index (χ3n) is 3.81. The number of nitrogens with zero attached hydrogens (tertiary/aromatic N) is 2. The highest BCUT2D eigenvalue weighted by molar-refractivity contribution is 5.28. The molecule has 0 fully saturated rings. The largest absolute Gasteiger partial charge is 0.310 e. The summed E-state index contributed by atoms with van der Waals surface area (Å²) in [6, 6.07) is 9.14. The molecule has 1 aromatic carbocycles. The first-order valence-corrected chi connectivity index (χ1v) is 7.95. The topological polar surface area (TPSA) is 29.9 Å². The van der Waals surface area contributed by atoms with E-state index in [1.807, 2.05) is 11.7 Å². The van der Waals surface area contributed by atoms with E-state index in [0.29, 0.717) is 6.04 Å². The van der Waals surface area contributed by atoms with Crippen molar-refractivity contribution >= 4 is 0 Å². The van der Waals surface area contributed by atoms with E-state index >= 15 is 0 Å². The number of aromatic nitrogens is 2. The van der Waals surface area contributed by atoms with Gasteiger partial charge in [0.2, 0.25) is 0 Å². The van der Waals surface area contributed by atoms with Crippen LogP contribution in [0.25, 0.3) is 0 Å². The lowest BCUT2D eigenvalue weighted by Crippen LogP contribution is -2.24. The van der Waals surface area contributed by atoms with E-state index in [0.717, 1.165) is 25.8 Å². The lowest BCUT2D eigenvalue weighted by atomic mass is 9.97. The number of benzene rings is 1. The second kappa shape index (κ2) is 7.41. The lowest BCUT2D eigenvalue weighted by Gasteiger charge is -2.19. The second-order valence-corrected chi connectivity index (χ2v) is 5.76. The normalized spacial score (nSPS) is 12.6. The number of aryl methyl sites for hydroxylation is 3. The number of nitrogens with one attached hydrogen (secondary N) is 1. The smallest absolute Gasteiger partial charge is 0.0669 e. The van der Waals surface area contributed by atoms with Crippen molar-refractivity contribution in [1.29, 1.82) is 0 Å². The average molecular weight is 285 g/mol. The molecule has 1 atom stereocenters. The predicted octanol–water partition coefficient (Wildman–Crippen LogP) is 3.57. The lowest BCUT2D eigenvalue weighted by molar-refractivity contribution is 0.525. The summed E-state index contributed by atoms with van der Waals surface area (Å²) in [5.41, 5.74) is 5.26. The Kier molecular flexibility index (Phi) is 5.57. The maximum atomic E-state index is 4.59. The summed E-state index contributed by atoms with van der Waals surface area (Å²) < 4.78 is 1.94. The highest BCUT2D eigenvalue weighted by Gasteiger charge is 2.17. The molecule has 2 aromatic rings. The van der Waals surface area contributed by atoms with Crippen LogP contribution in [0.5, 0.6) is 0 Å². The molecular formula is C18H27N3. The highest BCUT2D eigenvalue weighted by atomic mass is 15.3. The van der Waals surface area contributed by atoms with Gasteiger partial charge in [-0.15, -0.1) is 0 Å². The van der Waals surface area contributed by atoms with Gasteiger partial charge in [0.15, 0.2) is 0 Å². The second-order valence-electron chi connectivity index (χ2n) is 5.76. The molecule has 3 nitrogen and oxygen atoms in total. The van der Waals surface area contributed by atoms with Crippen LogP contribution in [0.3, 0.4) is 0 Å². The summed E-state index contributed by atoms with van der Waals surface area (Å²) in [6.45, 7) is 7.57. The molecule has 2 rings (SSSR count). The Morgan fingerprint density at radius 2 is 2.10 bits per heavy atom. The summed E-state index contributed by atoms with van der Waals surface area (Å²) in [7, 11) is 2.01. The van der Waals surface area contributed by atoms with Gasteiger partial charge >= 0.3 is 0 Å². The fourth-order valence-corrected chi connectivity index (χ4v) is 2.80. The van der Waals surface area contributed by atoms with Crippen LogP contribution in [0.2, 0.25) is 0 Å². The maximum absolute atomic E-state index is 4.59. The van der Waals surface area contributed by atoms with Crippen LogP contribution < -0.4 is 5.32 Å². The maximum Gasteiger partial charge on any atom is 0.0669 e. The van der Waals surface area contributed by atoms with E-state index in [-0.39, 0.29) is 0 Å². The standard InChI is InChI=1S/C18H27N3/c1-5-10-19-18(12-15-9-7-8-14(3)11-15)16-13-21(4)20-17(16)6-2/h7-9,11,13,18-19H,5-6,10,12H2,1-4H3. The predicted molar refractivity (Wildman–Crippen MR) is 88.5 cm³/mol. The zero-order valence-corrected chi connectivity index (χ0v) is 13.7. The summed E-state index contributed by atoms with van der Waals surface area (Å²) in [5.74, 6) is 0. The minimum atomic E-state index is 0.343. The van der Waals surface area contributed by atoms with E-state index < -0.39 is 0 Å². The average Bonchev–Trinajstić information content (AvgIpc) is 2.84. The molecule has 1 heterocycles. The first-order chi connectivity index (χ1) is 10.1. The first-order valence-electron chi connectivity index (χ1n) is 7.95. The van der Waals surface area contributed by atoms with Crippen LogP contribution in [0.4, 0.5) is 0 Å². The molecular weight excluding hydrogens is 258 g/mol. The molecule has 0 aliphatic rings. The molecule has 1 unspecified atom stereocenters. The molecule has 0 spiro atoms. The molecule has 0 amide bonds. The van der Waals surface area contributed by atoms with Crippen molar-refractivity contribution in [3.63, 3.8) is 0 Å². The van der Waals surface area contributed by atoms with E-state index in [1.165, 1.54) is 22.4 Å². The van der Waals surface area contributed by atoms with Gasteiger partial charge in [-0.2, -0.15) is 5.10 Å². The molecule has 0 aliphatic heterocycles. The van der Waals surface area contributed by atoms with Gasteiger partial charge in [-0.1, -0.05) is 43.7 Å². The number of rotatable bonds is 7. The van der Waals surface area contributed by atoms with E-state index in [2.05, 4.69) is 61.6 Å². The van der Waals surface area contributed by atoms with Crippen LogP contribution in [-0.4, -0.2) is 16.3 Å². The van der Waals surface area contributed by atoms with Crippen molar-refractivity contribution in [3.05, 3.63) is 52.8 Å². The van der Waals surface area contributed by atoms with Crippen LogP contribution in [-0.2, 0) is 19.9 Å². The molecule has 0 bridgehead atoms. The fourth-order valence-electron chi connectivity index (χ4n) is 2.80. The molecule has 0 saturated carbocycles. The van der Waals surface area contributed by atoms with Crippen LogP contribution in [0.15, 0.2) is 30.5 Å². The fraction of sp³-hybridized carbons (Fsp3) is 0.500. The third kappa shape index (κ3) is 4.18. The zero-order valence-electron chi connectivity index (χ0n) is 13.7. The van der Waals surface area contributed by atoms with Crippen molar-refractivity contribution in [3.8, 4) is 0 Å². The van der Waals surface area contributed by atoms with Crippen molar-refractivity contribution in [2.24, 2.45) is 7.05 Å². The minimum Gasteiger partial charge on any atom is -0.310 e. The van der Waals surface area contributed by atoms with E-state index in [4.69, 9.17) is 0 Å². The van der Waals surface area contributed by atoms with Gasteiger partial charge in [0.05, 0.1) is 5.69 Å². The molecule has 0 saturated heterocycles. The van der Waals surface area contributed by atoms with Gasteiger partial charge in [-0.3, -0.25) is 4.68 Å². The highest BCUT2D eigenvalue weighted by Crippen LogP contribution is 2.22. The Labute approximate surface area is 128 Å². The molecule has 1 N–H and O–H groups in total. The quantitative estimate of drug-likeness (QED) is 0.843. The van der Waals surface area contributed by atoms with Gasteiger partial charge in [0.1, 0.15) is 0 Å². The van der Waals surface area contributed by atoms with Gasteiger partial charge in [-0.05, 0) is 38.3 Å². The monoisotopic (exact) mass is 285 g/mol. The van der Waals surface area contributed by atoms with Crippen molar-refractivity contribution in [2.45, 2.75) is 46.1 Å². The Bertz CT molecular complexity index is 572. The van der Waals surface area contributed by atoms with Crippen molar-refractivity contribution < 1.29 is 0 Å². The summed E-state index contributed by atoms with van der Waals surface area (Å²) in [6.07, 6.45) is 5.31. The Balaban J connectivity index is 2.25. The Morgan fingerprint density at radius 1 is 1.29 bits per heavy atom. The summed E-state index contributed by atoms with van der Waals surface area (Å²) >= 11 is 0.